The Balaban J connectivity index is 1.61. The van der Waals surface area contributed by atoms with E-state index in [0.29, 0.717) is 11.6 Å². The summed E-state index contributed by atoms with van der Waals surface area (Å²) in [6.07, 6.45) is 0.472. The second-order valence-electron chi connectivity index (χ2n) is 5.62. The summed E-state index contributed by atoms with van der Waals surface area (Å²) in [5.41, 5.74) is 1.87. The van der Waals surface area contributed by atoms with Crippen molar-refractivity contribution in [1.82, 2.24) is 25.5 Å². The predicted molar refractivity (Wildman–Crippen MR) is 89.8 cm³/mol. The maximum absolute atomic E-state index is 12.0. The Morgan fingerprint density at radius 1 is 1.42 bits per heavy atom. The van der Waals surface area contributed by atoms with Crippen LogP contribution in [0.3, 0.4) is 0 Å². The van der Waals surface area contributed by atoms with E-state index in [9.17, 15) is 13.2 Å². The zero-order valence-corrected chi connectivity index (χ0v) is 14.7. The molecule has 0 unspecified atom stereocenters. The van der Waals surface area contributed by atoms with Gasteiger partial charge in [0.05, 0.1) is 22.9 Å². The molecule has 1 N–H and O–H groups in total. The lowest BCUT2D eigenvalue weighted by molar-refractivity contribution is -0.119. The zero-order chi connectivity index (χ0) is 17.2. The van der Waals surface area contributed by atoms with Crippen LogP contribution in [-0.2, 0) is 14.6 Å². The minimum absolute atomic E-state index is 0.0182. The van der Waals surface area contributed by atoms with Crippen LogP contribution in [0.2, 0.25) is 0 Å². The Hall–Kier alpha value is -1.94. The van der Waals surface area contributed by atoms with E-state index >= 15 is 0 Å². The lowest BCUT2D eigenvalue weighted by Crippen LogP contribution is -2.36. The number of amides is 1. The van der Waals surface area contributed by atoms with E-state index in [2.05, 4.69) is 20.8 Å². The molecule has 2 heterocycles. The highest BCUT2D eigenvalue weighted by molar-refractivity contribution is 7.99. The quantitative estimate of drug-likeness (QED) is 0.761. The molecule has 1 saturated heterocycles. The molecule has 128 valence electrons. The van der Waals surface area contributed by atoms with Crippen molar-refractivity contribution in [3.05, 3.63) is 29.8 Å². The fraction of sp³-hybridized carbons (Fsp3) is 0.429. The summed E-state index contributed by atoms with van der Waals surface area (Å²) in [5.74, 6) is 0.0606. The molecule has 1 aliphatic heterocycles. The molecule has 0 aliphatic carbocycles. The van der Waals surface area contributed by atoms with Crippen LogP contribution >= 0.6 is 11.8 Å². The zero-order valence-electron chi connectivity index (χ0n) is 13.0. The molecule has 0 spiro atoms. The number of thioether (sulfide) groups is 1. The van der Waals surface area contributed by atoms with Crippen LogP contribution in [0.4, 0.5) is 0 Å². The lowest BCUT2D eigenvalue weighted by Gasteiger charge is -2.10. The highest BCUT2D eigenvalue weighted by Gasteiger charge is 2.28. The molecule has 10 heteroatoms. The summed E-state index contributed by atoms with van der Waals surface area (Å²) in [7, 11) is -3.00. The third-order valence-corrected chi connectivity index (χ3v) is 6.40. The van der Waals surface area contributed by atoms with E-state index in [0.717, 1.165) is 11.3 Å². The Kier molecular flexibility index (Phi) is 4.86. The molecule has 1 amide bonds. The molecule has 0 bridgehead atoms. The van der Waals surface area contributed by atoms with E-state index in [1.165, 1.54) is 11.8 Å². The predicted octanol–water partition coefficient (Wildman–Crippen LogP) is 0.366. The highest BCUT2D eigenvalue weighted by atomic mass is 32.2. The van der Waals surface area contributed by atoms with Crippen molar-refractivity contribution in [3.8, 4) is 5.69 Å². The van der Waals surface area contributed by atoms with E-state index in [-0.39, 0.29) is 29.2 Å². The number of rotatable bonds is 5. The largest absolute Gasteiger partial charge is 0.352 e. The van der Waals surface area contributed by atoms with Crippen LogP contribution in [0.1, 0.15) is 12.0 Å². The molecule has 1 atom stereocenters. The molecule has 1 aromatic carbocycles. The SMILES string of the molecule is Cc1ccccc1-n1nnnc1SCC(=O)N[C@@H]1CCS(=O)(=O)C1. The molecule has 2 aromatic rings. The Bertz CT molecular complexity index is 850. The van der Waals surface area contributed by atoms with Crippen LogP contribution < -0.4 is 5.32 Å². The number of para-hydroxylation sites is 1. The van der Waals surface area contributed by atoms with Gasteiger partial charge in [0.25, 0.3) is 0 Å². The van der Waals surface area contributed by atoms with Gasteiger partial charge in [-0.3, -0.25) is 4.79 Å². The van der Waals surface area contributed by atoms with Crippen molar-refractivity contribution in [2.75, 3.05) is 17.3 Å². The second kappa shape index (κ2) is 6.89. The van der Waals surface area contributed by atoms with Crippen LogP contribution in [0, 0.1) is 6.92 Å². The molecule has 3 rings (SSSR count). The Labute approximate surface area is 143 Å². The molecule has 1 fully saturated rings. The number of hydrogen-bond acceptors (Lipinski definition) is 7. The number of tetrazole rings is 1. The normalized spacial score (nSPS) is 19.3. The molecule has 24 heavy (non-hydrogen) atoms. The average Bonchev–Trinajstić information content (AvgIpc) is 3.12. The number of carbonyl (C=O) groups is 1. The first-order valence-corrected chi connectivity index (χ1v) is 10.2. The first-order chi connectivity index (χ1) is 11.4. The number of aromatic nitrogens is 4. The number of benzene rings is 1. The molecule has 1 aromatic heterocycles. The van der Waals surface area contributed by atoms with Crippen molar-refractivity contribution < 1.29 is 13.2 Å². The van der Waals surface area contributed by atoms with Crippen LogP contribution in [0.25, 0.3) is 5.69 Å². The van der Waals surface area contributed by atoms with Crippen LogP contribution in [0.15, 0.2) is 29.4 Å². The van der Waals surface area contributed by atoms with E-state index in [1.807, 2.05) is 31.2 Å². The van der Waals surface area contributed by atoms with Crippen molar-refractivity contribution >= 4 is 27.5 Å². The highest BCUT2D eigenvalue weighted by Crippen LogP contribution is 2.20. The second-order valence-corrected chi connectivity index (χ2v) is 8.79. The molecule has 1 aliphatic rings. The first-order valence-electron chi connectivity index (χ1n) is 7.41. The van der Waals surface area contributed by atoms with Crippen molar-refractivity contribution in [2.24, 2.45) is 0 Å². The number of sulfone groups is 1. The summed E-state index contributed by atoms with van der Waals surface area (Å²) in [6, 6.07) is 7.39. The maximum atomic E-state index is 12.0. The number of nitrogens with one attached hydrogen (secondary N) is 1. The van der Waals surface area contributed by atoms with E-state index in [1.54, 1.807) is 4.68 Å². The molecular formula is C14H17N5O3S2. The van der Waals surface area contributed by atoms with Gasteiger partial charge in [-0.15, -0.1) is 5.10 Å². The first kappa shape index (κ1) is 16.9. The van der Waals surface area contributed by atoms with Gasteiger partial charge in [0, 0.05) is 6.04 Å². The van der Waals surface area contributed by atoms with Crippen LogP contribution in [0.5, 0.6) is 0 Å². The lowest BCUT2D eigenvalue weighted by atomic mass is 10.2. The summed E-state index contributed by atoms with van der Waals surface area (Å²) >= 11 is 1.21. The van der Waals surface area contributed by atoms with Crippen molar-refractivity contribution in [3.63, 3.8) is 0 Å². The van der Waals surface area contributed by atoms with Gasteiger partial charge in [-0.05, 0) is 35.4 Å². The number of hydrogen-bond donors (Lipinski definition) is 1. The minimum Gasteiger partial charge on any atom is -0.352 e. The third-order valence-electron chi connectivity index (χ3n) is 3.71. The maximum Gasteiger partial charge on any atom is 0.230 e. The fourth-order valence-corrected chi connectivity index (χ4v) is 4.90. The minimum atomic E-state index is -3.00. The summed E-state index contributed by atoms with van der Waals surface area (Å²) in [6.45, 7) is 1.96. The Morgan fingerprint density at radius 2 is 2.21 bits per heavy atom. The smallest absolute Gasteiger partial charge is 0.230 e. The van der Waals surface area contributed by atoms with Gasteiger partial charge in [-0.1, -0.05) is 30.0 Å². The van der Waals surface area contributed by atoms with Crippen LogP contribution in [-0.4, -0.2) is 57.8 Å². The molecule has 0 radical (unpaired) electrons. The molecular weight excluding hydrogens is 350 g/mol. The van der Waals surface area contributed by atoms with Gasteiger partial charge in [-0.25, -0.2) is 8.42 Å². The van der Waals surface area contributed by atoms with Gasteiger partial charge in [-0.2, -0.15) is 4.68 Å². The molecule has 8 nitrogen and oxygen atoms in total. The number of aryl methyl sites for hydroxylation is 1. The third kappa shape index (κ3) is 3.93. The van der Waals surface area contributed by atoms with Gasteiger partial charge in [0.15, 0.2) is 9.84 Å². The monoisotopic (exact) mass is 367 g/mol. The molecule has 0 saturated carbocycles. The topological polar surface area (TPSA) is 107 Å². The number of carbonyl (C=O) groups excluding carboxylic acids is 1. The standard InChI is InChI=1S/C14H17N5O3S2/c1-10-4-2-3-5-12(10)19-14(16-17-18-19)23-8-13(20)15-11-6-7-24(21,22)9-11/h2-5,11H,6-9H2,1H3,(H,15,20)/t11-/m1/s1. The summed E-state index contributed by atoms with van der Waals surface area (Å²) < 4.78 is 24.4. The average molecular weight is 367 g/mol. The van der Waals surface area contributed by atoms with Crippen molar-refractivity contribution in [2.45, 2.75) is 24.5 Å². The summed E-state index contributed by atoms with van der Waals surface area (Å²) in [4.78, 5) is 12.0. The van der Waals surface area contributed by atoms with Gasteiger partial charge in [0.2, 0.25) is 11.1 Å². The van der Waals surface area contributed by atoms with Gasteiger partial charge >= 0.3 is 0 Å². The summed E-state index contributed by atoms with van der Waals surface area (Å²) in [5, 5.41) is 14.9. The fourth-order valence-electron chi connectivity index (χ4n) is 2.53. The van der Waals surface area contributed by atoms with Crippen molar-refractivity contribution in [1.29, 1.82) is 0 Å². The van der Waals surface area contributed by atoms with E-state index in [4.69, 9.17) is 0 Å². The Morgan fingerprint density at radius 3 is 2.92 bits per heavy atom. The van der Waals surface area contributed by atoms with Gasteiger partial charge < -0.3 is 5.32 Å². The number of nitrogens with zero attached hydrogens (tertiary/aromatic N) is 4. The van der Waals surface area contributed by atoms with Gasteiger partial charge in [0.1, 0.15) is 0 Å². The van der Waals surface area contributed by atoms with E-state index < -0.39 is 9.84 Å².